The number of ether oxygens (including phenoxy) is 3. The average molecular weight is 782 g/mol. The van der Waals surface area contributed by atoms with Crippen LogP contribution in [-0.4, -0.2) is 100.0 Å². The van der Waals surface area contributed by atoms with Gasteiger partial charge in [-0.05, 0) is 61.3 Å². The van der Waals surface area contributed by atoms with Gasteiger partial charge in [-0.1, -0.05) is 67.4 Å². The van der Waals surface area contributed by atoms with Crippen molar-refractivity contribution in [3.8, 4) is 34.4 Å². The molecule has 0 radical (unpaired) electrons. The zero-order valence-electron chi connectivity index (χ0n) is 31.0. The Morgan fingerprint density at radius 3 is 2.19 bits per heavy atom. The third-order valence-electron chi connectivity index (χ3n) is 9.04. The number of benzene rings is 3. The number of nitrogens with zero attached hydrogens (tertiary/aromatic N) is 4. The molecule has 0 aliphatic heterocycles. The molecule has 0 spiro atoms. The summed E-state index contributed by atoms with van der Waals surface area (Å²) in [7, 11) is 0. The predicted molar refractivity (Wildman–Crippen MR) is 210 cm³/mol. The number of likely N-dealkylation sites (N-methyl/N-ethyl adjacent to an activating group) is 2. The summed E-state index contributed by atoms with van der Waals surface area (Å²) in [5, 5.41) is 48.7. The Hall–Kier alpha value is -3.96. The second-order valence-electron chi connectivity index (χ2n) is 13.0. The Balaban J connectivity index is 1.51. The van der Waals surface area contributed by atoms with Gasteiger partial charge in [-0.2, -0.15) is 5.26 Å². The van der Waals surface area contributed by atoms with Crippen molar-refractivity contribution in [3.05, 3.63) is 105 Å². The van der Waals surface area contributed by atoms with Crippen LogP contribution in [0.4, 0.5) is 0 Å². The molecule has 0 saturated carbocycles. The molecule has 11 nitrogen and oxygen atoms in total. The summed E-state index contributed by atoms with van der Waals surface area (Å²) < 4.78 is 18.7. The third-order valence-corrected chi connectivity index (χ3v) is 9.73. The van der Waals surface area contributed by atoms with Crippen molar-refractivity contribution in [2.75, 3.05) is 52.5 Å². The molecule has 4 aromatic rings. The van der Waals surface area contributed by atoms with Crippen molar-refractivity contribution in [1.82, 2.24) is 14.8 Å². The van der Waals surface area contributed by atoms with E-state index in [1.165, 1.54) is 6.20 Å². The molecule has 2 atom stereocenters. The van der Waals surface area contributed by atoms with Gasteiger partial charge in [0.1, 0.15) is 36.5 Å². The minimum Gasteiger partial charge on any atom is -0.492 e. The molecule has 0 amide bonds. The topological polar surface area (TPSA) is 152 Å². The number of rotatable bonds is 22. The molecular formula is C41H50Cl2N4O7. The maximum atomic E-state index is 10.1. The van der Waals surface area contributed by atoms with Crippen LogP contribution in [0.15, 0.2) is 67.0 Å². The first-order chi connectivity index (χ1) is 26.1. The fourth-order valence-corrected chi connectivity index (χ4v) is 6.48. The molecule has 4 rings (SSSR count). The summed E-state index contributed by atoms with van der Waals surface area (Å²) in [6.07, 6.45) is 2.20. The van der Waals surface area contributed by atoms with Gasteiger partial charge < -0.3 is 39.5 Å². The first kappa shape index (κ1) is 42.8. The first-order valence-electron chi connectivity index (χ1n) is 18.0. The molecule has 1 aromatic heterocycles. The maximum Gasteiger partial charge on any atom is 0.142 e. The van der Waals surface area contributed by atoms with Gasteiger partial charge in [-0.25, -0.2) is 0 Å². The van der Waals surface area contributed by atoms with E-state index in [0.717, 1.165) is 46.3 Å². The van der Waals surface area contributed by atoms with Crippen LogP contribution in [0.5, 0.6) is 17.2 Å². The maximum absolute atomic E-state index is 10.1. The van der Waals surface area contributed by atoms with Crippen LogP contribution in [0.25, 0.3) is 11.1 Å². The highest BCUT2D eigenvalue weighted by atomic mass is 35.5. The minimum absolute atomic E-state index is 0.151. The molecule has 0 saturated heterocycles. The lowest BCUT2D eigenvalue weighted by Gasteiger charge is -2.24. The minimum atomic E-state index is -0.891. The van der Waals surface area contributed by atoms with E-state index < -0.39 is 12.2 Å². The second-order valence-corrected chi connectivity index (χ2v) is 13.7. The monoisotopic (exact) mass is 780 g/mol. The largest absolute Gasteiger partial charge is 0.492 e. The van der Waals surface area contributed by atoms with E-state index in [0.29, 0.717) is 65.6 Å². The third kappa shape index (κ3) is 12.3. The lowest BCUT2D eigenvalue weighted by atomic mass is 9.96. The van der Waals surface area contributed by atoms with E-state index in [2.05, 4.69) is 16.0 Å². The van der Waals surface area contributed by atoms with Crippen molar-refractivity contribution in [2.45, 2.75) is 59.2 Å². The molecule has 54 heavy (non-hydrogen) atoms. The molecular weight excluding hydrogens is 731 g/mol. The smallest absolute Gasteiger partial charge is 0.142 e. The van der Waals surface area contributed by atoms with Gasteiger partial charge in [0.05, 0.1) is 47.6 Å². The Morgan fingerprint density at radius 2 is 1.48 bits per heavy atom. The molecule has 0 fully saturated rings. The summed E-state index contributed by atoms with van der Waals surface area (Å²) in [6, 6.07) is 19.0. The van der Waals surface area contributed by atoms with Crippen LogP contribution in [0.1, 0.15) is 48.1 Å². The molecule has 290 valence electrons. The highest BCUT2D eigenvalue weighted by Crippen LogP contribution is 2.39. The number of aliphatic hydroxyl groups excluding tert-OH is 4. The number of aliphatic hydroxyl groups is 4. The molecule has 0 aliphatic carbocycles. The number of nitriles is 1. The summed E-state index contributed by atoms with van der Waals surface area (Å²) >= 11 is 13.7. The molecule has 1 heterocycles. The van der Waals surface area contributed by atoms with E-state index >= 15 is 0 Å². The summed E-state index contributed by atoms with van der Waals surface area (Å²) in [5.74, 6) is 1.52. The van der Waals surface area contributed by atoms with Crippen molar-refractivity contribution in [3.63, 3.8) is 0 Å². The van der Waals surface area contributed by atoms with Crippen LogP contribution in [0, 0.1) is 18.3 Å². The van der Waals surface area contributed by atoms with Gasteiger partial charge in [0.2, 0.25) is 0 Å². The van der Waals surface area contributed by atoms with Crippen LogP contribution in [0.2, 0.25) is 10.0 Å². The van der Waals surface area contributed by atoms with Gasteiger partial charge in [0, 0.05) is 61.3 Å². The van der Waals surface area contributed by atoms with Crippen LogP contribution in [0.3, 0.4) is 0 Å². The summed E-state index contributed by atoms with van der Waals surface area (Å²) in [4.78, 5) is 8.18. The molecule has 2 unspecified atom stereocenters. The molecule has 0 bridgehead atoms. The Kier molecular flexibility index (Phi) is 17.3. The first-order valence-corrected chi connectivity index (χ1v) is 18.8. The molecule has 4 N–H and O–H groups in total. The Labute approximate surface area is 327 Å². The highest BCUT2D eigenvalue weighted by Gasteiger charge is 2.18. The standard InChI is InChI=1S/C41H50Cl2N4O7/c1-4-46(22-33(50)24-48)13-8-14-52-38-12-7-11-36(41(38)43)35-10-6-9-31(28(35)3)27-54-40-17-39(53-26-30-15-29(18-44)19-45-20-30)32(16-37(40)42)21-47(5-2)23-34(51)25-49/h6-7,9-12,15-17,19-20,33-34,48-51H,4-5,8,13-14,21-27H2,1-3H3. The predicted octanol–water partition coefficient (Wildman–Crippen LogP) is 6.01. The SMILES string of the molecule is CCN(CCCOc1cccc(-c2cccc(COc3cc(OCc4cncc(C#N)c4)c(CN(CC)CC(O)CO)cc3Cl)c2C)c1Cl)CC(O)CO. The second kappa shape index (κ2) is 21.8. The Bertz CT molecular complexity index is 1840. The van der Waals surface area contributed by atoms with Crippen LogP contribution in [-0.2, 0) is 19.8 Å². The van der Waals surface area contributed by atoms with Crippen LogP contribution >= 0.6 is 23.2 Å². The van der Waals surface area contributed by atoms with Gasteiger partial charge in [-0.15, -0.1) is 0 Å². The van der Waals surface area contributed by atoms with Gasteiger partial charge >= 0.3 is 0 Å². The zero-order chi connectivity index (χ0) is 39.0. The van der Waals surface area contributed by atoms with Crippen molar-refractivity contribution < 1.29 is 34.6 Å². The molecule has 0 aliphatic rings. The summed E-state index contributed by atoms with van der Waals surface area (Å²) in [5.41, 5.74) is 5.59. The Morgan fingerprint density at radius 1 is 0.796 bits per heavy atom. The average Bonchev–Trinajstić information content (AvgIpc) is 3.18. The fourth-order valence-electron chi connectivity index (χ4n) is 5.96. The van der Waals surface area contributed by atoms with Crippen molar-refractivity contribution >= 4 is 23.2 Å². The molecule has 3 aromatic carbocycles. The normalized spacial score (nSPS) is 12.5. The van der Waals surface area contributed by atoms with Crippen LogP contribution < -0.4 is 14.2 Å². The van der Waals surface area contributed by atoms with E-state index in [9.17, 15) is 20.6 Å². The molecule has 13 heteroatoms. The number of hydrogen-bond acceptors (Lipinski definition) is 11. The van der Waals surface area contributed by atoms with E-state index in [1.807, 2.05) is 62.1 Å². The van der Waals surface area contributed by atoms with Gasteiger partial charge in [0.25, 0.3) is 0 Å². The number of hydrogen-bond donors (Lipinski definition) is 4. The van der Waals surface area contributed by atoms with E-state index in [1.54, 1.807) is 24.4 Å². The van der Waals surface area contributed by atoms with Gasteiger partial charge in [-0.3, -0.25) is 9.88 Å². The lowest BCUT2D eigenvalue weighted by molar-refractivity contribution is 0.0581. The number of aromatic nitrogens is 1. The zero-order valence-corrected chi connectivity index (χ0v) is 32.6. The van der Waals surface area contributed by atoms with Crippen molar-refractivity contribution in [2.24, 2.45) is 0 Å². The van der Waals surface area contributed by atoms with Crippen molar-refractivity contribution in [1.29, 1.82) is 5.26 Å². The number of pyridine rings is 1. The number of halogens is 2. The van der Waals surface area contributed by atoms with E-state index in [-0.39, 0.29) is 33.0 Å². The lowest BCUT2D eigenvalue weighted by Crippen LogP contribution is -2.35. The van der Waals surface area contributed by atoms with E-state index in [4.69, 9.17) is 42.5 Å². The summed E-state index contributed by atoms with van der Waals surface area (Å²) in [6.45, 7) is 9.34. The highest BCUT2D eigenvalue weighted by molar-refractivity contribution is 6.35. The van der Waals surface area contributed by atoms with Gasteiger partial charge in [0.15, 0.2) is 0 Å². The quantitative estimate of drug-likeness (QED) is 0.0694. The fraction of sp³-hybridized carbons (Fsp3) is 0.415.